The Labute approximate surface area is 150 Å². The minimum absolute atomic E-state index is 0.154. The fraction of sp³-hybridized carbons (Fsp3) is 0.0500. The number of amides is 2. The summed E-state index contributed by atoms with van der Waals surface area (Å²) in [4.78, 5) is 28.8. The van der Waals surface area contributed by atoms with Crippen LogP contribution in [0.25, 0.3) is 0 Å². The summed E-state index contributed by atoms with van der Waals surface area (Å²) >= 11 is 0. The van der Waals surface area contributed by atoms with Gasteiger partial charge >= 0.3 is 0 Å². The van der Waals surface area contributed by atoms with Gasteiger partial charge in [0.1, 0.15) is 17.1 Å². The first kappa shape index (κ1) is 17.2. The summed E-state index contributed by atoms with van der Waals surface area (Å²) in [6.07, 6.45) is 0. The molecule has 6 nitrogen and oxygen atoms in total. The Hall–Kier alpha value is -3.67. The number of rotatable bonds is 5. The van der Waals surface area contributed by atoms with Crippen LogP contribution < -0.4 is 15.4 Å². The van der Waals surface area contributed by atoms with Gasteiger partial charge in [-0.1, -0.05) is 24.3 Å². The van der Waals surface area contributed by atoms with Crippen LogP contribution in [0.3, 0.4) is 0 Å². The van der Waals surface area contributed by atoms with E-state index in [-0.39, 0.29) is 17.3 Å². The zero-order valence-corrected chi connectivity index (χ0v) is 14.1. The number of carbonyl (C=O) groups is 2. The minimum atomic E-state index is -0.399. The summed E-state index contributed by atoms with van der Waals surface area (Å²) in [6, 6.07) is 20.7. The lowest BCUT2D eigenvalue weighted by Crippen LogP contribution is -2.18. The van der Waals surface area contributed by atoms with Gasteiger partial charge in [0.15, 0.2) is 0 Å². The highest BCUT2D eigenvalue weighted by molar-refractivity contribution is 6.06. The first-order valence-corrected chi connectivity index (χ1v) is 7.94. The number of benzene rings is 2. The molecule has 130 valence electrons. The van der Waals surface area contributed by atoms with Crippen molar-refractivity contribution in [1.82, 2.24) is 4.98 Å². The van der Waals surface area contributed by atoms with E-state index in [0.717, 1.165) is 0 Å². The van der Waals surface area contributed by atoms with Crippen LogP contribution in [-0.2, 0) is 0 Å². The Morgan fingerprint density at radius 3 is 1.81 bits per heavy atom. The molecule has 0 unspecified atom stereocenters. The fourth-order valence-electron chi connectivity index (χ4n) is 2.27. The quantitative estimate of drug-likeness (QED) is 0.739. The zero-order valence-electron chi connectivity index (χ0n) is 14.1. The molecule has 0 fully saturated rings. The molecule has 0 aliphatic rings. The number of methoxy groups -OCH3 is 1. The van der Waals surface area contributed by atoms with Crippen molar-refractivity contribution in [2.24, 2.45) is 0 Å². The van der Waals surface area contributed by atoms with Crippen LogP contribution in [0, 0.1) is 0 Å². The molecule has 0 atom stereocenters. The molecule has 2 amide bonds. The smallest absolute Gasteiger partial charge is 0.274 e. The van der Waals surface area contributed by atoms with Gasteiger partial charge in [0.05, 0.1) is 7.11 Å². The van der Waals surface area contributed by atoms with E-state index in [1.165, 1.54) is 0 Å². The third kappa shape index (κ3) is 4.24. The summed E-state index contributed by atoms with van der Waals surface area (Å²) in [7, 11) is 1.57. The lowest BCUT2D eigenvalue weighted by Gasteiger charge is -2.08. The van der Waals surface area contributed by atoms with Crippen LogP contribution in [0.2, 0.25) is 0 Å². The van der Waals surface area contributed by atoms with Crippen molar-refractivity contribution >= 4 is 23.2 Å². The first-order valence-electron chi connectivity index (χ1n) is 7.94. The number of ether oxygens (including phenoxy) is 1. The normalized spacial score (nSPS) is 10.0. The molecule has 6 heteroatoms. The molecule has 3 rings (SSSR count). The third-order valence-corrected chi connectivity index (χ3v) is 3.59. The maximum absolute atomic E-state index is 12.4. The summed E-state index contributed by atoms with van der Waals surface area (Å²) in [5, 5.41) is 5.48. The number of aromatic nitrogens is 1. The summed E-state index contributed by atoms with van der Waals surface area (Å²) in [5.41, 5.74) is 1.59. The van der Waals surface area contributed by atoms with E-state index < -0.39 is 5.91 Å². The van der Waals surface area contributed by atoms with Gasteiger partial charge in [-0.25, -0.2) is 4.98 Å². The van der Waals surface area contributed by atoms with E-state index in [1.54, 1.807) is 61.7 Å². The predicted molar refractivity (Wildman–Crippen MR) is 99.6 cm³/mol. The molecule has 0 saturated heterocycles. The molecule has 2 N–H and O–H groups in total. The number of nitrogens with zero attached hydrogens (tertiary/aromatic N) is 1. The Morgan fingerprint density at radius 2 is 1.27 bits per heavy atom. The molecule has 0 radical (unpaired) electrons. The first-order chi connectivity index (χ1) is 12.7. The standard InChI is InChI=1S/C20H17N3O3/c1-26-16-12-10-15(11-13-16)22-20(25)18-9-5-8-17(23-18)19(24)21-14-6-3-2-4-7-14/h2-13H,1H3,(H,21,24)(H,22,25). The predicted octanol–water partition coefficient (Wildman–Crippen LogP) is 3.59. The highest BCUT2D eigenvalue weighted by atomic mass is 16.5. The van der Waals surface area contributed by atoms with Crippen LogP contribution in [0.15, 0.2) is 72.8 Å². The van der Waals surface area contributed by atoms with Gasteiger partial charge in [-0.05, 0) is 48.5 Å². The van der Waals surface area contributed by atoms with Gasteiger partial charge in [-0.15, -0.1) is 0 Å². The molecule has 0 aliphatic carbocycles. The Balaban J connectivity index is 1.71. The van der Waals surface area contributed by atoms with Crippen LogP contribution in [0.5, 0.6) is 5.75 Å². The molecule has 3 aromatic rings. The van der Waals surface area contributed by atoms with E-state index in [9.17, 15) is 9.59 Å². The SMILES string of the molecule is COc1ccc(NC(=O)c2cccc(C(=O)Nc3ccccc3)n2)cc1. The number of carbonyl (C=O) groups excluding carboxylic acids is 2. The maximum atomic E-state index is 12.4. The Bertz CT molecular complexity index is 909. The van der Waals surface area contributed by atoms with Gasteiger partial charge in [0, 0.05) is 11.4 Å². The van der Waals surface area contributed by atoms with Gasteiger partial charge < -0.3 is 15.4 Å². The highest BCUT2D eigenvalue weighted by Crippen LogP contribution is 2.16. The minimum Gasteiger partial charge on any atom is -0.497 e. The highest BCUT2D eigenvalue weighted by Gasteiger charge is 2.13. The lowest BCUT2D eigenvalue weighted by atomic mass is 10.2. The Morgan fingerprint density at radius 1 is 0.731 bits per heavy atom. The van der Waals surface area contributed by atoms with E-state index in [1.807, 2.05) is 18.2 Å². The molecule has 2 aromatic carbocycles. The van der Waals surface area contributed by atoms with Crippen molar-refractivity contribution in [2.45, 2.75) is 0 Å². The molecular weight excluding hydrogens is 330 g/mol. The number of pyridine rings is 1. The van der Waals surface area contributed by atoms with Crippen molar-refractivity contribution in [1.29, 1.82) is 0 Å². The van der Waals surface area contributed by atoms with E-state index in [0.29, 0.717) is 17.1 Å². The second-order valence-corrected chi connectivity index (χ2v) is 5.41. The van der Waals surface area contributed by atoms with Crippen molar-refractivity contribution in [3.8, 4) is 5.75 Å². The van der Waals surface area contributed by atoms with Crippen molar-refractivity contribution in [2.75, 3.05) is 17.7 Å². The van der Waals surface area contributed by atoms with Gasteiger partial charge in [0.25, 0.3) is 11.8 Å². The Kier molecular flexibility index (Phi) is 5.24. The number of hydrogen-bond donors (Lipinski definition) is 2. The topological polar surface area (TPSA) is 80.3 Å². The van der Waals surface area contributed by atoms with Crippen LogP contribution in [0.4, 0.5) is 11.4 Å². The van der Waals surface area contributed by atoms with Gasteiger partial charge in [-0.2, -0.15) is 0 Å². The van der Waals surface area contributed by atoms with Crippen LogP contribution in [-0.4, -0.2) is 23.9 Å². The second kappa shape index (κ2) is 7.94. The molecule has 0 aliphatic heterocycles. The van der Waals surface area contributed by atoms with E-state index >= 15 is 0 Å². The summed E-state index contributed by atoms with van der Waals surface area (Å²) in [5.74, 6) is -0.0828. The number of nitrogens with one attached hydrogen (secondary N) is 2. The van der Waals surface area contributed by atoms with Crippen LogP contribution >= 0.6 is 0 Å². The van der Waals surface area contributed by atoms with Crippen molar-refractivity contribution in [3.63, 3.8) is 0 Å². The monoisotopic (exact) mass is 347 g/mol. The number of hydrogen-bond acceptors (Lipinski definition) is 4. The fourth-order valence-corrected chi connectivity index (χ4v) is 2.27. The van der Waals surface area contributed by atoms with E-state index in [4.69, 9.17) is 4.74 Å². The largest absolute Gasteiger partial charge is 0.497 e. The number of anilines is 2. The molecule has 0 bridgehead atoms. The summed E-state index contributed by atoms with van der Waals surface area (Å²) in [6.45, 7) is 0. The molecule has 1 aromatic heterocycles. The average molecular weight is 347 g/mol. The van der Waals surface area contributed by atoms with Gasteiger partial charge in [-0.3, -0.25) is 9.59 Å². The molecular formula is C20H17N3O3. The summed E-state index contributed by atoms with van der Waals surface area (Å²) < 4.78 is 5.08. The molecule has 0 spiro atoms. The van der Waals surface area contributed by atoms with Crippen molar-refractivity contribution < 1.29 is 14.3 Å². The van der Waals surface area contributed by atoms with Crippen molar-refractivity contribution in [3.05, 3.63) is 84.2 Å². The van der Waals surface area contributed by atoms with E-state index in [2.05, 4.69) is 15.6 Å². The third-order valence-electron chi connectivity index (χ3n) is 3.59. The second-order valence-electron chi connectivity index (χ2n) is 5.41. The lowest BCUT2D eigenvalue weighted by molar-refractivity contribution is 0.101. The molecule has 0 saturated carbocycles. The zero-order chi connectivity index (χ0) is 18.4. The number of para-hydroxylation sites is 1. The average Bonchev–Trinajstić information content (AvgIpc) is 2.69. The molecule has 1 heterocycles. The maximum Gasteiger partial charge on any atom is 0.274 e. The van der Waals surface area contributed by atoms with Gasteiger partial charge in [0.2, 0.25) is 0 Å². The molecule has 26 heavy (non-hydrogen) atoms. The van der Waals surface area contributed by atoms with Crippen LogP contribution in [0.1, 0.15) is 21.0 Å².